The van der Waals surface area contributed by atoms with E-state index in [-0.39, 0.29) is 11.9 Å². The Bertz CT molecular complexity index is 787. The number of carbonyl (C=O) groups is 1. The number of nitro benzene ring substituents is 3. The standard InChI is InChI=1S/C9H15NO2.C6H3N3O7/c1-3-12-9(11)8-5-4-6-10-7(8)2;10-6-4(8(13)14)1-3(7(11)12)2-5(6)9(15)16/h8H,3-6H2,1-2H3;1-2,10H. The molecule has 1 aliphatic rings. The lowest BCUT2D eigenvalue weighted by Crippen LogP contribution is -2.27. The molecule has 13 nitrogen and oxygen atoms in total. The fourth-order valence-electron chi connectivity index (χ4n) is 2.37. The van der Waals surface area contributed by atoms with Gasteiger partial charge in [0.1, 0.15) is 0 Å². The predicted molar refractivity (Wildman–Crippen MR) is 95.4 cm³/mol. The highest BCUT2D eigenvalue weighted by Gasteiger charge is 2.30. The number of benzene rings is 1. The highest BCUT2D eigenvalue weighted by molar-refractivity contribution is 6.01. The molecule has 1 atom stereocenters. The quantitative estimate of drug-likeness (QED) is 0.441. The van der Waals surface area contributed by atoms with Crippen LogP contribution in [0.4, 0.5) is 17.1 Å². The number of hydrogen-bond donors (Lipinski definition) is 1. The summed E-state index contributed by atoms with van der Waals surface area (Å²) in [6.45, 7) is 5.05. The molecule has 13 heteroatoms. The van der Waals surface area contributed by atoms with Crippen LogP contribution in [-0.2, 0) is 9.53 Å². The largest absolute Gasteiger partial charge is 0.497 e. The maximum atomic E-state index is 11.3. The molecular weight excluding hydrogens is 380 g/mol. The Labute approximate surface area is 158 Å². The molecule has 1 aliphatic heterocycles. The van der Waals surface area contributed by atoms with Crippen molar-refractivity contribution >= 4 is 28.7 Å². The first kappa shape index (κ1) is 22.4. The van der Waals surface area contributed by atoms with E-state index < -0.39 is 37.6 Å². The topological polar surface area (TPSA) is 188 Å². The number of phenols is 1. The van der Waals surface area contributed by atoms with E-state index in [1.807, 2.05) is 13.8 Å². The minimum absolute atomic E-state index is 0.0706. The lowest BCUT2D eigenvalue weighted by molar-refractivity contribution is -0.404. The van der Waals surface area contributed by atoms with Gasteiger partial charge in [0.05, 0.1) is 39.4 Å². The highest BCUT2D eigenvalue weighted by Crippen LogP contribution is 2.38. The van der Waals surface area contributed by atoms with Gasteiger partial charge in [-0.1, -0.05) is 0 Å². The summed E-state index contributed by atoms with van der Waals surface area (Å²) in [7, 11) is 0. The smallest absolute Gasteiger partial charge is 0.324 e. The molecule has 152 valence electrons. The van der Waals surface area contributed by atoms with E-state index in [1.165, 1.54) is 0 Å². The van der Waals surface area contributed by atoms with Crippen LogP contribution in [0.25, 0.3) is 0 Å². The summed E-state index contributed by atoms with van der Waals surface area (Å²) in [5.41, 5.74) is -2.07. The van der Waals surface area contributed by atoms with Gasteiger partial charge in [-0.2, -0.15) is 0 Å². The number of non-ortho nitro benzene ring substituents is 1. The number of rotatable bonds is 5. The van der Waals surface area contributed by atoms with Gasteiger partial charge in [-0.25, -0.2) is 0 Å². The second-order valence-electron chi connectivity index (χ2n) is 5.57. The van der Waals surface area contributed by atoms with Crippen molar-refractivity contribution in [2.75, 3.05) is 13.2 Å². The zero-order valence-corrected chi connectivity index (χ0v) is 15.1. The van der Waals surface area contributed by atoms with Crippen molar-refractivity contribution in [3.63, 3.8) is 0 Å². The van der Waals surface area contributed by atoms with Crippen LogP contribution in [0.2, 0.25) is 0 Å². The van der Waals surface area contributed by atoms with E-state index in [2.05, 4.69) is 4.99 Å². The van der Waals surface area contributed by atoms with Crippen LogP contribution >= 0.6 is 0 Å². The maximum absolute atomic E-state index is 11.3. The Kier molecular flexibility index (Phi) is 7.91. The summed E-state index contributed by atoms with van der Waals surface area (Å²) in [5.74, 6) is -1.39. The van der Waals surface area contributed by atoms with Gasteiger partial charge in [0, 0.05) is 12.3 Å². The minimum atomic E-state index is -1.21. The van der Waals surface area contributed by atoms with Crippen molar-refractivity contribution in [2.24, 2.45) is 10.9 Å². The molecular formula is C15H18N4O9. The number of carbonyl (C=O) groups excluding carboxylic acids is 1. The second kappa shape index (κ2) is 9.89. The zero-order valence-electron chi connectivity index (χ0n) is 15.1. The number of hydrogen-bond acceptors (Lipinski definition) is 10. The Morgan fingerprint density at radius 3 is 2.11 bits per heavy atom. The number of ether oxygens (including phenoxy) is 1. The molecule has 0 radical (unpaired) electrons. The Morgan fingerprint density at radius 1 is 1.18 bits per heavy atom. The van der Waals surface area contributed by atoms with E-state index in [9.17, 15) is 35.1 Å². The molecule has 0 saturated carbocycles. The van der Waals surface area contributed by atoms with Crippen LogP contribution in [0.3, 0.4) is 0 Å². The molecule has 1 heterocycles. The van der Waals surface area contributed by atoms with Crippen LogP contribution < -0.4 is 0 Å². The van der Waals surface area contributed by atoms with E-state index in [0.717, 1.165) is 25.1 Å². The molecule has 0 aliphatic carbocycles. The second-order valence-corrected chi connectivity index (χ2v) is 5.57. The highest BCUT2D eigenvalue weighted by atomic mass is 16.6. The fraction of sp³-hybridized carbons (Fsp3) is 0.467. The van der Waals surface area contributed by atoms with Crippen LogP contribution in [0.1, 0.15) is 26.7 Å². The SMILES string of the molecule is CCOC(=O)C1CCCN=C1C.O=[N+]([O-])c1cc([N+](=O)[O-])c(O)c([N+](=O)[O-])c1. The van der Waals surface area contributed by atoms with Crippen molar-refractivity contribution in [3.05, 3.63) is 42.5 Å². The van der Waals surface area contributed by atoms with Gasteiger partial charge in [0.2, 0.25) is 0 Å². The zero-order chi connectivity index (χ0) is 21.4. The fourth-order valence-corrected chi connectivity index (χ4v) is 2.37. The van der Waals surface area contributed by atoms with Crippen molar-refractivity contribution in [1.82, 2.24) is 0 Å². The Hall–Kier alpha value is -3.64. The van der Waals surface area contributed by atoms with Crippen molar-refractivity contribution in [2.45, 2.75) is 26.7 Å². The van der Waals surface area contributed by atoms with E-state index in [4.69, 9.17) is 9.84 Å². The molecule has 1 aromatic carbocycles. The first-order valence-electron chi connectivity index (χ1n) is 8.07. The van der Waals surface area contributed by atoms with Crippen LogP contribution in [0, 0.1) is 36.3 Å². The third-order valence-corrected chi connectivity index (χ3v) is 3.75. The minimum Gasteiger partial charge on any atom is -0.497 e. The number of aromatic hydroxyl groups is 1. The average Bonchev–Trinajstić information content (AvgIpc) is 2.62. The summed E-state index contributed by atoms with van der Waals surface area (Å²) in [5, 5.41) is 40.2. The Balaban J connectivity index is 0.000000292. The first-order valence-corrected chi connectivity index (χ1v) is 8.07. The third-order valence-electron chi connectivity index (χ3n) is 3.75. The molecule has 0 aromatic heterocycles. The van der Waals surface area contributed by atoms with E-state index >= 15 is 0 Å². The predicted octanol–water partition coefficient (Wildman–Crippen LogP) is 2.54. The molecule has 28 heavy (non-hydrogen) atoms. The normalized spacial score (nSPS) is 15.5. The number of phenolic OH excluding ortho intramolecular Hbond substituents is 1. The van der Waals surface area contributed by atoms with Crippen LogP contribution in [0.15, 0.2) is 17.1 Å². The lowest BCUT2D eigenvalue weighted by Gasteiger charge is -2.18. The molecule has 2 rings (SSSR count). The molecule has 0 amide bonds. The molecule has 0 bridgehead atoms. The van der Waals surface area contributed by atoms with Gasteiger partial charge in [0.15, 0.2) is 0 Å². The van der Waals surface area contributed by atoms with Gasteiger partial charge >= 0.3 is 17.3 Å². The average molecular weight is 398 g/mol. The van der Waals surface area contributed by atoms with Gasteiger partial charge in [-0.15, -0.1) is 0 Å². The lowest BCUT2D eigenvalue weighted by atomic mass is 9.96. The number of aliphatic imine (C=N–C) groups is 1. The number of esters is 1. The molecule has 1 unspecified atom stereocenters. The molecule has 0 fully saturated rings. The summed E-state index contributed by atoms with van der Waals surface area (Å²) >= 11 is 0. The molecule has 1 aromatic rings. The maximum Gasteiger partial charge on any atom is 0.324 e. The van der Waals surface area contributed by atoms with Gasteiger partial charge in [-0.05, 0) is 26.7 Å². The third kappa shape index (κ3) is 5.69. The van der Waals surface area contributed by atoms with Crippen LogP contribution in [0.5, 0.6) is 5.75 Å². The van der Waals surface area contributed by atoms with Crippen molar-refractivity contribution < 1.29 is 29.4 Å². The first-order chi connectivity index (χ1) is 13.1. The molecule has 1 N–H and O–H groups in total. The summed E-state index contributed by atoms with van der Waals surface area (Å²) < 4.78 is 4.93. The summed E-state index contributed by atoms with van der Waals surface area (Å²) in [6, 6.07) is 0.894. The molecule has 0 spiro atoms. The van der Waals surface area contributed by atoms with Crippen molar-refractivity contribution in [1.29, 1.82) is 0 Å². The summed E-state index contributed by atoms with van der Waals surface area (Å²) in [6.07, 6.45) is 1.90. The van der Waals surface area contributed by atoms with E-state index in [0.29, 0.717) is 18.7 Å². The van der Waals surface area contributed by atoms with Gasteiger partial charge in [-0.3, -0.25) is 40.1 Å². The van der Waals surface area contributed by atoms with E-state index in [1.54, 1.807) is 0 Å². The van der Waals surface area contributed by atoms with Gasteiger partial charge in [0.25, 0.3) is 11.4 Å². The number of nitrogens with zero attached hydrogens (tertiary/aromatic N) is 4. The molecule has 0 saturated heterocycles. The summed E-state index contributed by atoms with van der Waals surface area (Å²) in [4.78, 5) is 43.3. The monoisotopic (exact) mass is 398 g/mol. The number of nitro groups is 3. The van der Waals surface area contributed by atoms with Gasteiger partial charge < -0.3 is 9.84 Å². The van der Waals surface area contributed by atoms with Crippen LogP contribution in [-0.4, -0.2) is 44.7 Å². The van der Waals surface area contributed by atoms with Crippen molar-refractivity contribution in [3.8, 4) is 5.75 Å². The Morgan fingerprint density at radius 2 is 1.71 bits per heavy atom.